The molecule has 32 heavy (non-hydrogen) atoms. The smallest absolute Gasteiger partial charge is 0.419 e. The predicted molar refractivity (Wildman–Crippen MR) is 119 cm³/mol. The number of nitrogens with zero attached hydrogens (tertiary/aromatic N) is 3. The normalized spacial score (nSPS) is 15.2. The Balaban J connectivity index is 1.28. The first-order valence-corrected chi connectivity index (χ1v) is 10.5. The maximum Gasteiger partial charge on any atom is 0.419 e. The summed E-state index contributed by atoms with van der Waals surface area (Å²) in [5.41, 5.74) is -0.896. The van der Waals surface area contributed by atoms with E-state index in [9.17, 15) is 20.0 Å². The van der Waals surface area contributed by atoms with Gasteiger partial charge in [0.25, 0.3) is 0 Å². The molecule has 1 aliphatic heterocycles. The van der Waals surface area contributed by atoms with E-state index in [4.69, 9.17) is 20.8 Å². The first kappa shape index (κ1) is 22.1. The van der Waals surface area contributed by atoms with E-state index in [0.29, 0.717) is 12.4 Å². The Bertz CT molecular complexity index is 1170. The molecular weight excluding hydrogens is 438 g/mol. The maximum absolute atomic E-state index is 11.8. The molecule has 0 amide bonds. The lowest BCUT2D eigenvalue weighted by atomic mass is 10.2. The lowest BCUT2D eigenvalue weighted by molar-refractivity contribution is -0.388. The second kappa shape index (κ2) is 9.56. The Kier molecular flexibility index (Phi) is 6.59. The zero-order valence-electron chi connectivity index (χ0n) is 17.2. The second-order valence-corrected chi connectivity index (χ2v) is 8.03. The van der Waals surface area contributed by atoms with Gasteiger partial charge in [0.1, 0.15) is 17.9 Å². The number of rotatable bonds is 7. The van der Waals surface area contributed by atoms with Crippen LogP contribution in [-0.4, -0.2) is 59.2 Å². The van der Waals surface area contributed by atoms with Gasteiger partial charge >= 0.3 is 11.3 Å². The van der Waals surface area contributed by atoms with E-state index in [1.165, 1.54) is 17.7 Å². The number of hydrogen-bond donors (Lipinski definition) is 1. The highest BCUT2D eigenvalue weighted by atomic mass is 35.5. The molecule has 168 valence electrons. The summed E-state index contributed by atoms with van der Waals surface area (Å²) in [5, 5.41) is 21.7. The van der Waals surface area contributed by atoms with Gasteiger partial charge in [-0.05, 0) is 29.8 Å². The summed E-state index contributed by atoms with van der Waals surface area (Å²) in [6.07, 6.45) is 0. The van der Waals surface area contributed by atoms with Gasteiger partial charge in [0.2, 0.25) is 5.75 Å². The molecule has 2 aromatic carbocycles. The van der Waals surface area contributed by atoms with Crippen LogP contribution in [0.1, 0.15) is 5.56 Å². The molecule has 0 radical (unpaired) electrons. The summed E-state index contributed by atoms with van der Waals surface area (Å²) in [4.78, 5) is 26.4. The quantitative estimate of drug-likeness (QED) is 0.326. The fourth-order valence-corrected chi connectivity index (χ4v) is 3.84. The molecule has 0 aliphatic carbocycles. The van der Waals surface area contributed by atoms with Crippen molar-refractivity contribution in [2.75, 3.05) is 39.3 Å². The van der Waals surface area contributed by atoms with Gasteiger partial charge in [-0.2, -0.15) is 0 Å². The number of ether oxygens (including phenoxy) is 1. The summed E-state index contributed by atoms with van der Waals surface area (Å²) in [5.74, 6) is -0.250. The van der Waals surface area contributed by atoms with E-state index >= 15 is 0 Å². The molecule has 1 N–H and O–H groups in total. The van der Waals surface area contributed by atoms with Crippen LogP contribution in [0.3, 0.4) is 0 Å². The fourth-order valence-electron chi connectivity index (χ4n) is 3.72. The minimum absolute atomic E-state index is 0.0337. The number of fused-ring (bicyclic) bond motifs is 1. The second-order valence-electron chi connectivity index (χ2n) is 7.59. The summed E-state index contributed by atoms with van der Waals surface area (Å²) in [7, 11) is 0. The van der Waals surface area contributed by atoms with Gasteiger partial charge < -0.3 is 14.3 Å². The molecule has 0 saturated carbocycles. The van der Waals surface area contributed by atoms with Crippen LogP contribution >= 0.6 is 11.6 Å². The molecule has 9 nitrogen and oxygen atoms in total. The van der Waals surface area contributed by atoms with Crippen LogP contribution in [0.25, 0.3) is 11.0 Å². The number of aromatic hydroxyl groups is 1. The van der Waals surface area contributed by atoms with Crippen molar-refractivity contribution in [3.05, 3.63) is 73.6 Å². The van der Waals surface area contributed by atoms with Gasteiger partial charge in [-0.1, -0.05) is 23.7 Å². The molecular formula is C22H22ClN3O6. The lowest BCUT2D eigenvalue weighted by Gasteiger charge is -2.34. The highest BCUT2D eigenvalue weighted by Crippen LogP contribution is 2.32. The minimum Gasteiger partial charge on any atom is -0.501 e. The average Bonchev–Trinajstić information content (AvgIpc) is 2.76. The number of hydrogen-bond acceptors (Lipinski definition) is 8. The Hall–Kier alpha value is -3.14. The van der Waals surface area contributed by atoms with Crippen molar-refractivity contribution in [3.63, 3.8) is 0 Å². The molecule has 4 rings (SSSR count). The monoisotopic (exact) mass is 459 g/mol. The largest absolute Gasteiger partial charge is 0.501 e. The van der Waals surface area contributed by atoms with E-state index in [-0.39, 0.29) is 11.0 Å². The van der Waals surface area contributed by atoms with E-state index in [2.05, 4.69) is 9.80 Å². The Morgan fingerprint density at radius 3 is 2.47 bits per heavy atom. The van der Waals surface area contributed by atoms with Crippen molar-refractivity contribution in [2.45, 2.75) is 6.54 Å². The third-order valence-corrected chi connectivity index (χ3v) is 5.72. The molecule has 2 heterocycles. The van der Waals surface area contributed by atoms with Crippen LogP contribution in [0.2, 0.25) is 5.02 Å². The van der Waals surface area contributed by atoms with Crippen LogP contribution in [0.5, 0.6) is 11.5 Å². The molecule has 1 aromatic heterocycles. The lowest BCUT2D eigenvalue weighted by Crippen LogP contribution is -2.47. The van der Waals surface area contributed by atoms with Crippen LogP contribution in [0, 0.1) is 10.1 Å². The fraction of sp³-hybridized carbons (Fsp3) is 0.318. The minimum atomic E-state index is -1.20. The van der Waals surface area contributed by atoms with Crippen LogP contribution in [0.4, 0.5) is 5.69 Å². The van der Waals surface area contributed by atoms with E-state index < -0.39 is 22.0 Å². The standard InChI is InChI=1S/C22H22ClN3O6/c23-16-3-1-15(2-4-16)14-25-9-7-24(8-10-25)11-12-31-17-5-6-18-19(13-17)32-22(28)20(21(18)27)26(29)30/h1-6,13,27H,7-12,14H2. The summed E-state index contributed by atoms with van der Waals surface area (Å²) in [6.45, 7) is 5.86. The molecule has 1 aliphatic rings. The maximum atomic E-state index is 11.8. The van der Waals surface area contributed by atoms with Crippen molar-refractivity contribution >= 4 is 28.3 Å². The Labute approximate surface area is 188 Å². The van der Waals surface area contributed by atoms with E-state index in [0.717, 1.165) is 44.3 Å². The first-order chi connectivity index (χ1) is 15.4. The number of nitro groups is 1. The molecule has 0 spiro atoms. The van der Waals surface area contributed by atoms with Crippen molar-refractivity contribution < 1.29 is 19.2 Å². The van der Waals surface area contributed by atoms with Gasteiger partial charge in [-0.25, -0.2) is 4.79 Å². The summed E-state index contributed by atoms with van der Waals surface area (Å²) >= 11 is 5.94. The number of benzene rings is 2. The van der Waals surface area contributed by atoms with Gasteiger partial charge in [-0.15, -0.1) is 0 Å². The van der Waals surface area contributed by atoms with Crippen LogP contribution in [0.15, 0.2) is 51.7 Å². The van der Waals surface area contributed by atoms with Crippen LogP contribution < -0.4 is 10.4 Å². The topological polar surface area (TPSA) is 109 Å². The molecule has 10 heteroatoms. The molecule has 0 atom stereocenters. The average molecular weight is 460 g/mol. The number of piperazine rings is 1. The van der Waals surface area contributed by atoms with Crippen molar-refractivity contribution in [2.24, 2.45) is 0 Å². The SMILES string of the molecule is O=c1oc2cc(OCCN3CCN(Cc4ccc(Cl)cc4)CC3)ccc2c(O)c1[N+](=O)[O-]. The van der Waals surface area contributed by atoms with Gasteiger partial charge in [0, 0.05) is 50.4 Å². The highest BCUT2D eigenvalue weighted by Gasteiger charge is 2.24. The first-order valence-electron chi connectivity index (χ1n) is 10.2. The van der Waals surface area contributed by atoms with Gasteiger partial charge in [-0.3, -0.25) is 19.9 Å². The zero-order chi connectivity index (χ0) is 22.7. The van der Waals surface area contributed by atoms with Crippen molar-refractivity contribution in [1.82, 2.24) is 9.80 Å². The van der Waals surface area contributed by atoms with Crippen molar-refractivity contribution in [3.8, 4) is 11.5 Å². The molecule has 0 unspecified atom stereocenters. The zero-order valence-corrected chi connectivity index (χ0v) is 18.0. The van der Waals surface area contributed by atoms with Gasteiger partial charge in [0.05, 0.1) is 10.3 Å². The molecule has 0 bridgehead atoms. The molecule has 1 fully saturated rings. The summed E-state index contributed by atoms with van der Waals surface area (Å²) < 4.78 is 10.7. The van der Waals surface area contributed by atoms with Crippen LogP contribution in [-0.2, 0) is 6.54 Å². The predicted octanol–water partition coefficient (Wildman–Crippen LogP) is 3.26. The highest BCUT2D eigenvalue weighted by molar-refractivity contribution is 6.30. The number of halogens is 1. The third kappa shape index (κ3) is 5.01. The van der Waals surface area contributed by atoms with E-state index in [1.54, 1.807) is 6.07 Å². The van der Waals surface area contributed by atoms with Gasteiger partial charge in [0.15, 0.2) is 0 Å². The van der Waals surface area contributed by atoms with E-state index in [1.807, 2.05) is 24.3 Å². The molecule has 1 saturated heterocycles. The van der Waals surface area contributed by atoms with Crippen molar-refractivity contribution in [1.29, 1.82) is 0 Å². The Morgan fingerprint density at radius 1 is 1.09 bits per heavy atom. The summed E-state index contributed by atoms with van der Waals surface area (Å²) in [6, 6.07) is 12.4. The Morgan fingerprint density at radius 2 is 1.78 bits per heavy atom. The molecule has 3 aromatic rings. The third-order valence-electron chi connectivity index (χ3n) is 5.47.